The van der Waals surface area contributed by atoms with Crippen molar-refractivity contribution in [2.24, 2.45) is 0 Å². The van der Waals surface area contributed by atoms with Gasteiger partial charge >= 0.3 is 6.18 Å². The number of hydrogen-bond donors (Lipinski definition) is 2. The van der Waals surface area contributed by atoms with E-state index in [9.17, 15) is 23.1 Å². The van der Waals surface area contributed by atoms with Gasteiger partial charge in [0, 0.05) is 5.56 Å². The number of hydrogen-bond acceptors (Lipinski definition) is 5. The molecule has 0 aliphatic carbocycles. The van der Waals surface area contributed by atoms with Gasteiger partial charge in [-0.25, -0.2) is 0 Å². The molecule has 0 spiro atoms. The first-order valence-corrected chi connectivity index (χ1v) is 8.10. The van der Waals surface area contributed by atoms with Crippen molar-refractivity contribution in [3.05, 3.63) is 53.6 Å². The molecule has 1 amide bonds. The summed E-state index contributed by atoms with van der Waals surface area (Å²) in [6.07, 6.45) is -5.00. The molecule has 1 atom stereocenters. The Balaban J connectivity index is 2.31. The number of alkyl halides is 3. The summed E-state index contributed by atoms with van der Waals surface area (Å²) in [6.45, 7) is -1.07. The number of rotatable bonds is 7. The van der Waals surface area contributed by atoms with E-state index in [-0.39, 0.29) is 28.4 Å². The van der Waals surface area contributed by atoms with Crippen LogP contribution >= 0.6 is 0 Å². The molecule has 6 nitrogen and oxygen atoms in total. The van der Waals surface area contributed by atoms with Gasteiger partial charge in [-0.15, -0.1) is 0 Å². The number of carbonyl (C=O) groups is 1. The second kappa shape index (κ2) is 8.39. The summed E-state index contributed by atoms with van der Waals surface area (Å²) in [6, 6.07) is 9.13. The smallest absolute Gasteiger partial charge is 0.423 e. The van der Waals surface area contributed by atoms with Crippen LogP contribution < -0.4 is 19.5 Å². The maximum absolute atomic E-state index is 13.5. The highest BCUT2D eigenvalue weighted by Gasteiger charge is 2.55. The van der Waals surface area contributed by atoms with Crippen LogP contribution in [0.4, 0.5) is 13.2 Å². The van der Waals surface area contributed by atoms with Crippen LogP contribution in [0.1, 0.15) is 15.9 Å². The molecule has 0 bridgehead atoms. The van der Waals surface area contributed by atoms with E-state index >= 15 is 0 Å². The minimum absolute atomic E-state index is 0.0212. The third kappa shape index (κ3) is 4.14. The molecular weight excluding hydrogens is 379 g/mol. The molecular formula is C19H20F3NO5. The van der Waals surface area contributed by atoms with Crippen LogP contribution in [0.25, 0.3) is 0 Å². The SMILES string of the molecule is COc1cc(C(=O)NCC(O)(c2ccccc2)C(F)(F)F)cc(OC)c1OC. The number of aliphatic hydroxyl groups is 1. The van der Waals surface area contributed by atoms with E-state index in [1.165, 1.54) is 51.7 Å². The third-order valence-electron chi connectivity index (χ3n) is 4.15. The Kier molecular flexibility index (Phi) is 6.40. The fraction of sp³-hybridized carbons (Fsp3) is 0.316. The van der Waals surface area contributed by atoms with Gasteiger partial charge in [0.15, 0.2) is 11.5 Å². The standard InChI is InChI=1S/C19H20F3NO5/c1-26-14-9-12(10-15(27-2)16(14)28-3)17(24)23-11-18(25,19(20,21)22)13-7-5-4-6-8-13/h4-10,25H,11H2,1-3H3,(H,23,24). The molecule has 0 aliphatic rings. The first-order chi connectivity index (χ1) is 13.2. The molecule has 0 aliphatic heterocycles. The fourth-order valence-electron chi connectivity index (χ4n) is 2.60. The predicted octanol–water partition coefficient (Wildman–Crippen LogP) is 2.89. The normalized spacial score (nSPS) is 13.4. The Morgan fingerprint density at radius 1 is 1.00 bits per heavy atom. The second-order valence-electron chi connectivity index (χ2n) is 5.82. The number of carbonyl (C=O) groups excluding carboxylic acids is 1. The van der Waals surface area contributed by atoms with Gasteiger partial charge in [0.1, 0.15) is 0 Å². The number of amides is 1. The lowest BCUT2D eigenvalue weighted by atomic mass is 9.93. The van der Waals surface area contributed by atoms with Crippen molar-refractivity contribution < 1.29 is 37.3 Å². The summed E-state index contributed by atoms with van der Waals surface area (Å²) < 4.78 is 56.0. The van der Waals surface area contributed by atoms with Crippen LogP contribution in [0.15, 0.2) is 42.5 Å². The van der Waals surface area contributed by atoms with E-state index in [2.05, 4.69) is 5.32 Å². The first kappa shape index (κ1) is 21.4. The summed E-state index contributed by atoms with van der Waals surface area (Å²) in [7, 11) is 4.07. The van der Waals surface area contributed by atoms with Gasteiger partial charge in [0.25, 0.3) is 5.91 Å². The molecule has 0 aromatic heterocycles. The molecule has 1 unspecified atom stereocenters. The molecule has 0 heterocycles. The maximum atomic E-state index is 13.5. The number of halogens is 3. The van der Waals surface area contributed by atoms with Crippen LogP contribution in [-0.2, 0) is 5.60 Å². The van der Waals surface area contributed by atoms with E-state index in [1.54, 1.807) is 0 Å². The molecule has 2 rings (SSSR count). The van der Waals surface area contributed by atoms with Crippen LogP contribution in [-0.4, -0.2) is 45.1 Å². The molecule has 2 N–H and O–H groups in total. The number of methoxy groups -OCH3 is 3. The number of benzene rings is 2. The Morgan fingerprint density at radius 3 is 1.96 bits per heavy atom. The van der Waals surface area contributed by atoms with Crippen LogP contribution in [0.2, 0.25) is 0 Å². The van der Waals surface area contributed by atoms with E-state index in [4.69, 9.17) is 14.2 Å². The highest BCUT2D eigenvalue weighted by Crippen LogP contribution is 2.40. The molecule has 0 radical (unpaired) electrons. The van der Waals surface area contributed by atoms with Crippen molar-refractivity contribution in [3.8, 4) is 17.2 Å². The van der Waals surface area contributed by atoms with Crippen molar-refractivity contribution in [1.29, 1.82) is 0 Å². The maximum Gasteiger partial charge on any atom is 0.423 e. The Morgan fingerprint density at radius 2 is 1.54 bits per heavy atom. The van der Waals surface area contributed by atoms with Crippen molar-refractivity contribution >= 4 is 5.91 Å². The lowest BCUT2D eigenvalue weighted by Crippen LogP contribution is -2.51. The molecule has 9 heteroatoms. The zero-order valence-electron chi connectivity index (χ0n) is 15.5. The van der Waals surface area contributed by atoms with Gasteiger partial charge in [-0.05, 0) is 17.7 Å². The third-order valence-corrected chi connectivity index (χ3v) is 4.15. The van der Waals surface area contributed by atoms with Crippen LogP contribution in [0.3, 0.4) is 0 Å². The molecule has 2 aromatic rings. The molecule has 0 fully saturated rings. The average molecular weight is 399 g/mol. The summed E-state index contributed by atoms with van der Waals surface area (Å²) in [5.41, 5.74) is -3.65. The molecule has 0 saturated carbocycles. The van der Waals surface area contributed by atoms with E-state index < -0.39 is 24.2 Å². The zero-order chi connectivity index (χ0) is 20.9. The van der Waals surface area contributed by atoms with Gasteiger partial charge in [-0.1, -0.05) is 30.3 Å². The number of ether oxygens (including phenoxy) is 3. The quantitative estimate of drug-likeness (QED) is 0.749. The Bertz CT molecular complexity index is 801. The van der Waals surface area contributed by atoms with Crippen LogP contribution in [0, 0.1) is 0 Å². The van der Waals surface area contributed by atoms with Crippen molar-refractivity contribution in [2.75, 3.05) is 27.9 Å². The topological polar surface area (TPSA) is 77.0 Å². The Hall–Kier alpha value is -2.94. The van der Waals surface area contributed by atoms with Crippen LogP contribution in [0.5, 0.6) is 17.2 Å². The highest BCUT2D eigenvalue weighted by molar-refractivity contribution is 5.95. The fourth-order valence-corrected chi connectivity index (χ4v) is 2.60. The summed E-state index contributed by atoms with van der Waals surface area (Å²) in [5, 5.41) is 12.4. The average Bonchev–Trinajstić information content (AvgIpc) is 2.70. The van der Waals surface area contributed by atoms with Gasteiger partial charge < -0.3 is 24.6 Å². The number of nitrogens with one attached hydrogen (secondary N) is 1. The van der Waals surface area contributed by atoms with Gasteiger partial charge in [0.2, 0.25) is 11.4 Å². The molecule has 28 heavy (non-hydrogen) atoms. The van der Waals surface area contributed by atoms with Crippen molar-refractivity contribution in [1.82, 2.24) is 5.32 Å². The van der Waals surface area contributed by atoms with Crippen molar-refractivity contribution in [2.45, 2.75) is 11.8 Å². The molecule has 0 saturated heterocycles. The van der Waals surface area contributed by atoms with Gasteiger partial charge in [0.05, 0.1) is 27.9 Å². The predicted molar refractivity (Wildman–Crippen MR) is 94.8 cm³/mol. The Labute approximate surface area is 159 Å². The minimum Gasteiger partial charge on any atom is -0.493 e. The van der Waals surface area contributed by atoms with Gasteiger partial charge in [-0.3, -0.25) is 4.79 Å². The van der Waals surface area contributed by atoms with E-state index in [0.717, 1.165) is 12.1 Å². The highest BCUT2D eigenvalue weighted by atomic mass is 19.4. The minimum atomic E-state index is -5.00. The monoisotopic (exact) mass is 399 g/mol. The first-order valence-electron chi connectivity index (χ1n) is 8.10. The summed E-state index contributed by atoms with van der Waals surface area (Å²) >= 11 is 0. The summed E-state index contributed by atoms with van der Waals surface area (Å²) in [5.74, 6) is -0.280. The lowest BCUT2D eigenvalue weighted by Gasteiger charge is -2.31. The summed E-state index contributed by atoms with van der Waals surface area (Å²) in [4.78, 5) is 12.4. The molecule has 152 valence electrons. The second-order valence-corrected chi connectivity index (χ2v) is 5.82. The van der Waals surface area contributed by atoms with E-state index in [0.29, 0.717) is 0 Å². The van der Waals surface area contributed by atoms with Crippen molar-refractivity contribution in [3.63, 3.8) is 0 Å². The molecule has 2 aromatic carbocycles. The zero-order valence-corrected chi connectivity index (χ0v) is 15.5. The van der Waals surface area contributed by atoms with Gasteiger partial charge in [-0.2, -0.15) is 13.2 Å². The lowest BCUT2D eigenvalue weighted by molar-refractivity contribution is -0.263. The van der Waals surface area contributed by atoms with E-state index in [1.807, 2.05) is 0 Å². The largest absolute Gasteiger partial charge is 0.493 e.